The first kappa shape index (κ1) is 35.8. The highest BCUT2D eigenvalue weighted by atomic mass is 35.5. The van der Waals surface area contributed by atoms with E-state index in [1.54, 1.807) is 16.4 Å². The highest BCUT2D eigenvalue weighted by Crippen LogP contribution is 2.34. The summed E-state index contributed by atoms with van der Waals surface area (Å²) >= 11 is 6.13. The van der Waals surface area contributed by atoms with E-state index in [0.717, 1.165) is 28.3 Å². The maximum absolute atomic E-state index is 14.3. The largest absolute Gasteiger partial charge is 0.504 e. The van der Waals surface area contributed by atoms with Crippen molar-refractivity contribution in [2.45, 2.75) is 58.8 Å². The number of aromatic nitrogens is 6. The smallest absolute Gasteiger partial charge is 0.416 e. The molecular formula is C33H35ClF3N9O5. The standard InChI is InChI=1S/C33H35ClF3N9O5/c1-4-24-27(43-10-7-18(2)44(12-11-43)30(49)26-28(48)19(3)38-17-39-26)31(50)46-32(41-29(42-46)20-8-13-51-14-9-20)45(24)16-25(47)40-23-6-5-21(15-22(23)34)33(35,36)37/h5-6,8,15,17-18,48H,4,7,9-14,16H2,1-3H3,(H,40,47)/t18-/m1/s1. The molecular weight excluding hydrogens is 695 g/mol. The number of alkyl halides is 3. The number of benzene rings is 1. The van der Waals surface area contributed by atoms with Crippen LogP contribution in [-0.2, 0) is 28.7 Å². The van der Waals surface area contributed by atoms with Crippen molar-refractivity contribution in [3.8, 4) is 5.75 Å². The number of carbonyl (C=O) groups excluding carboxylic acids is 2. The monoisotopic (exact) mass is 729 g/mol. The van der Waals surface area contributed by atoms with Crippen molar-refractivity contribution >= 4 is 46.1 Å². The van der Waals surface area contributed by atoms with Gasteiger partial charge in [0.15, 0.2) is 17.3 Å². The Bertz CT molecular complexity index is 2100. The van der Waals surface area contributed by atoms with E-state index >= 15 is 0 Å². The number of hydrogen-bond acceptors (Lipinski definition) is 10. The molecule has 0 saturated carbocycles. The van der Waals surface area contributed by atoms with Crippen LogP contribution in [0, 0.1) is 6.92 Å². The molecule has 2 aliphatic rings. The fourth-order valence-electron chi connectivity index (χ4n) is 6.27. The third kappa shape index (κ3) is 7.12. The summed E-state index contributed by atoms with van der Waals surface area (Å²) in [7, 11) is 0. The maximum Gasteiger partial charge on any atom is 0.416 e. The molecule has 51 heavy (non-hydrogen) atoms. The summed E-state index contributed by atoms with van der Waals surface area (Å²) in [5.41, 5.74) is 0.229. The Morgan fingerprint density at radius 1 is 1.18 bits per heavy atom. The fourth-order valence-corrected chi connectivity index (χ4v) is 6.49. The quantitative estimate of drug-likeness (QED) is 0.284. The number of halogens is 4. The van der Waals surface area contributed by atoms with E-state index in [0.29, 0.717) is 44.1 Å². The van der Waals surface area contributed by atoms with Gasteiger partial charge in [-0.3, -0.25) is 14.4 Å². The van der Waals surface area contributed by atoms with Crippen LogP contribution in [0.1, 0.15) is 60.0 Å². The SMILES string of the molecule is CCc1c(N2CC[C@@H](C)N(C(=O)c3ncnc(C)c3O)CC2)c(=O)n2nc(C3=CCOCC3)nc2n1CC(=O)Nc1ccc(C(F)(F)F)cc1Cl. The number of rotatable bonds is 7. The second-order valence-electron chi connectivity index (χ2n) is 12.3. The summed E-state index contributed by atoms with van der Waals surface area (Å²) < 4.78 is 47.8. The van der Waals surface area contributed by atoms with Crippen LogP contribution in [0.2, 0.25) is 5.02 Å². The van der Waals surface area contributed by atoms with Gasteiger partial charge in [0.2, 0.25) is 11.7 Å². The van der Waals surface area contributed by atoms with Crippen LogP contribution < -0.4 is 15.8 Å². The number of carbonyl (C=O) groups is 2. The molecule has 2 amide bonds. The van der Waals surface area contributed by atoms with E-state index in [-0.39, 0.29) is 71.4 Å². The van der Waals surface area contributed by atoms with Crippen molar-refractivity contribution in [2.75, 3.05) is 43.1 Å². The fraction of sp³-hybridized carbons (Fsp3) is 0.424. The lowest BCUT2D eigenvalue weighted by atomic mass is 10.1. The topological polar surface area (TPSA) is 160 Å². The molecule has 1 atom stereocenters. The lowest BCUT2D eigenvalue weighted by molar-refractivity contribution is -0.137. The van der Waals surface area contributed by atoms with E-state index in [4.69, 9.17) is 16.3 Å². The minimum atomic E-state index is -4.61. The van der Waals surface area contributed by atoms with Crippen LogP contribution in [0.15, 0.2) is 35.4 Å². The van der Waals surface area contributed by atoms with Gasteiger partial charge in [-0.1, -0.05) is 24.6 Å². The van der Waals surface area contributed by atoms with Crippen molar-refractivity contribution in [1.82, 2.24) is 34.0 Å². The molecule has 1 aromatic carbocycles. The molecule has 6 rings (SSSR count). The summed E-state index contributed by atoms with van der Waals surface area (Å²) in [5.74, 6) is -0.990. The van der Waals surface area contributed by atoms with Crippen LogP contribution in [0.3, 0.4) is 0 Å². The molecule has 1 fully saturated rings. The lowest BCUT2D eigenvalue weighted by Crippen LogP contribution is -2.41. The van der Waals surface area contributed by atoms with Gasteiger partial charge in [0.1, 0.15) is 18.6 Å². The Labute approximate surface area is 294 Å². The number of aryl methyl sites for hydroxylation is 1. The third-order valence-electron chi connectivity index (χ3n) is 9.03. The molecule has 18 heteroatoms. The molecule has 0 aliphatic carbocycles. The van der Waals surface area contributed by atoms with Crippen LogP contribution in [0.4, 0.5) is 24.5 Å². The van der Waals surface area contributed by atoms with Gasteiger partial charge >= 0.3 is 6.18 Å². The summed E-state index contributed by atoms with van der Waals surface area (Å²) in [6, 6.07) is 2.35. The highest BCUT2D eigenvalue weighted by molar-refractivity contribution is 6.33. The number of ether oxygens (including phenoxy) is 1. The van der Waals surface area contributed by atoms with E-state index in [1.165, 1.54) is 6.33 Å². The van der Waals surface area contributed by atoms with E-state index in [1.807, 2.05) is 24.8 Å². The molecule has 3 aromatic heterocycles. The van der Waals surface area contributed by atoms with Gasteiger partial charge < -0.3 is 29.5 Å². The van der Waals surface area contributed by atoms with Crippen molar-refractivity contribution < 1.29 is 32.6 Å². The molecule has 2 N–H and O–H groups in total. The predicted molar refractivity (Wildman–Crippen MR) is 181 cm³/mol. The average Bonchev–Trinajstić information content (AvgIpc) is 3.46. The van der Waals surface area contributed by atoms with Crippen LogP contribution in [-0.4, -0.2) is 89.8 Å². The number of nitrogens with zero attached hydrogens (tertiary/aromatic N) is 8. The molecule has 4 aromatic rings. The van der Waals surface area contributed by atoms with E-state index in [9.17, 15) is 32.7 Å². The number of anilines is 2. The molecule has 0 radical (unpaired) electrons. The van der Waals surface area contributed by atoms with Gasteiger partial charge in [0, 0.05) is 25.7 Å². The zero-order chi connectivity index (χ0) is 36.6. The predicted octanol–water partition coefficient (Wildman–Crippen LogP) is 4.11. The number of amides is 2. The molecule has 14 nitrogen and oxygen atoms in total. The zero-order valence-corrected chi connectivity index (χ0v) is 28.8. The highest BCUT2D eigenvalue weighted by Gasteiger charge is 2.33. The minimum Gasteiger partial charge on any atom is -0.504 e. The van der Waals surface area contributed by atoms with Crippen molar-refractivity contribution in [3.05, 3.63) is 74.4 Å². The van der Waals surface area contributed by atoms with Gasteiger partial charge in [0.25, 0.3) is 11.5 Å². The third-order valence-corrected chi connectivity index (χ3v) is 9.34. The Morgan fingerprint density at radius 2 is 1.96 bits per heavy atom. The molecule has 1 saturated heterocycles. The van der Waals surface area contributed by atoms with Crippen LogP contribution in [0.5, 0.6) is 5.75 Å². The summed E-state index contributed by atoms with van der Waals surface area (Å²) in [6.45, 7) is 6.47. The Kier molecular flexibility index (Phi) is 10.0. The first-order valence-electron chi connectivity index (χ1n) is 16.3. The molecule has 0 spiro atoms. The van der Waals surface area contributed by atoms with Gasteiger partial charge in [-0.2, -0.15) is 22.7 Å². The zero-order valence-electron chi connectivity index (χ0n) is 28.0. The van der Waals surface area contributed by atoms with Gasteiger partial charge in [-0.15, -0.1) is 5.10 Å². The molecule has 2 aliphatic heterocycles. The first-order valence-corrected chi connectivity index (χ1v) is 16.7. The van der Waals surface area contributed by atoms with Crippen LogP contribution >= 0.6 is 11.6 Å². The number of fused-ring (bicyclic) bond motifs is 1. The Balaban J connectivity index is 1.38. The van der Waals surface area contributed by atoms with E-state index in [2.05, 4.69) is 25.4 Å². The van der Waals surface area contributed by atoms with Crippen molar-refractivity contribution in [2.24, 2.45) is 0 Å². The number of nitrogens with one attached hydrogen (secondary N) is 1. The Hall–Kier alpha value is -5.03. The molecule has 270 valence electrons. The first-order chi connectivity index (χ1) is 24.3. The molecule has 0 bridgehead atoms. The molecule has 5 heterocycles. The van der Waals surface area contributed by atoms with Crippen LogP contribution in [0.25, 0.3) is 11.4 Å². The second kappa shape index (κ2) is 14.3. The van der Waals surface area contributed by atoms with Gasteiger partial charge in [0.05, 0.1) is 40.9 Å². The number of hydrogen-bond donors (Lipinski definition) is 2. The lowest BCUT2D eigenvalue weighted by Gasteiger charge is -2.27. The van der Waals surface area contributed by atoms with Crippen molar-refractivity contribution in [3.63, 3.8) is 0 Å². The summed E-state index contributed by atoms with van der Waals surface area (Å²) in [4.78, 5) is 57.5. The average molecular weight is 730 g/mol. The minimum absolute atomic E-state index is 0.0179. The summed E-state index contributed by atoms with van der Waals surface area (Å²) in [6.07, 6.45) is -0.311. The molecule has 0 unspecified atom stereocenters. The maximum atomic E-state index is 14.3. The summed E-state index contributed by atoms with van der Waals surface area (Å²) in [5, 5.41) is 17.4. The van der Waals surface area contributed by atoms with Gasteiger partial charge in [-0.05, 0) is 56.9 Å². The van der Waals surface area contributed by atoms with Crippen molar-refractivity contribution in [1.29, 1.82) is 0 Å². The Morgan fingerprint density at radius 3 is 2.65 bits per heavy atom. The van der Waals surface area contributed by atoms with Gasteiger partial charge in [-0.25, -0.2) is 9.97 Å². The second-order valence-corrected chi connectivity index (χ2v) is 12.7. The van der Waals surface area contributed by atoms with E-state index < -0.39 is 29.1 Å². The normalized spacial score (nSPS) is 17.0. The number of aromatic hydroxyl groups is 1.